The second kappa shape index (κ2) is 5.56. The lowest BCUT2D eigenvalue weighted by atomic mass is 10.3. The highest BCUT2D eigenvalue weighted by atomic mass is 16.5. The van der Waals surface area contributed by atoms with Crippen LogP contribution in [0.4, 0.5) is 5.69 Å². The van der Waals surface area contributed by atoms with Gasteiger partial charge < -0.3 is 10.1 Å². The van der Waals surface area contributed by atoms with Crippen LogP contribution in [-0.2, 0) is 6.54 Å². The number of amides is 1. The summed E-state index contributed by atoms with van der Waals surface area (Å²) in [7, 11) is 1.60. The lowest BCUT2D eigenvalue weighted by Gasteiger charge is -2.04. The number of anilines is 1. The summed E-state index contributed by atoms with van der Waals surface area (Å²) in [5.74, 6) is 0.546. The minimum Gasteiger partial charge on any atom is -0.497 e. The Balaban J connectivity index is 2.11. The van der Waals surface area contributed by atoms with E-state index in [1.807, 2.05) is 13.8 Å². The molecule has 0 unspecified atom stereocenters. The minimum atomic E-state index is -0.208. The van der Waals surface area contributed by atoms with Gasteiger partial charge in [0.15, 0.2) is 5.69 Å². The number of aromatic nitrogens is 2. The van der Waals surface area contributed by atoms with Crippen LogP contribution >= 0.6 is 0 Å². The normalized spacial score (nSPS) is 10.3. The lowest BCUT2D eigenvalue weighted by Crippen LogP contribution is -2.13. The van der Waals surface area contributed by atoms with Gasteiger partial charge in [0.25, 0.3) is 5.91 Å². The summed E-state index contributed by atoms with van der Waals surface area (Å²) < 4.78 is 6.86. The van der Waals surface area contributed by atoms with Crippen molar-refractivity contribution in [3.8, 4) is 5.75 Å². The van der Waals surface area contributed by atoms with Crippen molar-refractivity contribution in [1.82, 2.24) is 9.78 Å². The number of carbonyl (C=O) groups excluding carboxylic acids is 1. The van der Waals surface area contributed by atoms with E-state index in [1.54, 1.807) is 42.1 Å². The maximum atomic E-state index is 12.0. The van der Waals surface area contributed by atoms with Crippen molar-refractivity contribution < 1.29 is 9.53 Å². The standard InChI is InChI=1S/C14H17N3O2/c1-4-17-10(2)9-13(16-17)14(18)15-11-5-7-12(19-3)8-6-11/h5-9H,4H2,1-3H3,(H,15,18). The van der Waals surface area contributed by atoms with Crippen LogP contribution < -0.4 is 10.1 Å². The first-order chi connectivity index (χ1) is 9.13. The molecule has 0 atom stereocenters. The van der Waals surface area contributed by atoms with Gasteiger partial charge in [0.1, 0.15) is 5.75 Å². The van der Waals surface area contributed by atoms with E-state index in [2.05, 4.69) is 10.4 Å². The molecule has 1 amide bonds. The highest BCUT2D eigenvalue weighted by Gasteiger charge is 2.11. The van der Waals surface area contributed by atoms with Crippen molar-refractivity contribution in [1.29, 1.82) is 0 Å². The fourth-order valence-electron chi connectivity index (χ4n) is 1.81. The molecule has 0 aliphatic rings. The molecule has 1 aromatic carbocycles. The zero-order valence-electron chi connectivity index (χ0n) is 11.3. The van der Waals surface area contributed by atoms with Gasteiger partial charge in [-0.25, -0.2) is 0 Å². The summed E-state index contributed by atoms with van der Waals surface area (Å²) in [5, 5.41) is 7.04. The molecule has 100 valence electrons. The monoisotopic (exact) mass is 259 g/mol. The number of methoxy groups -OCH3 is 1. The molecule has 0 spiro atoms. The summed E-state index contributed by atoms with van der Waals surface area (Å²) in [6.07, 6.45) is 0. The molecule has 2 aromatic rings. The van der Waals surface area contributed by atoms with Crippen LogP contribution in [0.5, 0.6) is 5.75 Å². The summed E-state index contributed by atoms with van der Waals surface area (Å²) in [5.41, 5.74) is 2.12. The molecule has 19 heavy (non-hydrogen) atoms. The molecule has 0 saturated carbocycles. The van der Waals surface area contributed by atoms with Crippen LogP contribution in [0.3, 0.4) is 0 Å². The van der Waals surface area contributed by atoms with Gasteiger partial charge in [-0.2, -0.15) is 5.10 Å². The molecule has 1 N–H and O–H groups in total. The van der Waals surface area contributed by atoms with Gasteiger partial charge in [-0.1, -0.05) is 0 Å². The van der Waals surface area contributed by atoms with E-state index in [0.717, 1.165) is 23.7 Å². The molecule has 5 nitrogen and oxygen atoms in total. The molecule has 0 aliphatic carbocycles. The third kappa shape index (κ3) is 2.93. The third-order valence-electron chi connectivity index (χ3n) is 2.86. The first-order valence-corrected chi connectivity index (χ1v) is 6.14. The molecule has 0 aliphatic heterocycles. The van der Waals surface area contributed by atoms with Gasteiger partial charge in [0, 0.05) is 17.9 Å². The summed E-state index contributed by atoms with van der Waals surface area (Å²) >= 11 is 0. The second-order valence-electron chi connectivity index (χ2n) is 4.17. The number of nitrogens with zero attached hydrogens (tertiary/aromatic N) is 2. The van der Waals surface area contributed by atoms with Gasteiger partial charge in [0.2, 0.25) is 0 Å². The average molecular weight is 259 g/mol. The van der Waals surface area contributed by atoms with Gasteiger partial charge >= 0.3 is 0 Å². The van der Waals surface area contributed by atoms with Crippen LogP contribution in [0.2, 0.25) is 0 Å². The van der Waals surface area contributed by atoms with Crippen LogP contribution in [-0.4, -0.2) is 22.8 Å². The number of aryl methyl sites for hydroxylation is 2. The van der Waals surface area contributed by atoms with E-state index < -0.39 is 0 Å². The van der Waals surface area contributed by atoms with E-state index in [9.17, 15) is 4.79 Å². The Morgan fingerprint density at radius 3 is 2.58 bits per heavy atom. The van der Waals surface area contributed by atoms with Crippen molar-refractivity contribution >= 4 is 11.6 Å². The Hall–Kier alpha value is -2.30. The first kappa shape index (κ1) is 13.1. The number of rotatable bonds is 4. The Labute approximate surface area is 112 Å². The molecule has 1 heterocycles. The maximum absolute atomic E-state index is 12.0. The number of benzene rings is 1. The number of hydrogen-bond donors (Lipinski definition) is 1. The van der Waals surface area contributed by atoms with E-state index in [1.165, 1.54) is 0 Å². The Morgan fingerprint density at radius 1 is 1.37 bits per heavy atom. The van der Waals surface area contributed by atoms with E-state index in [0.29, 0.717) is 5.69 Å². The molecule has 2 rings (SSSR count). The maximum Gasteiger partial charge on any atom is 0.276 e. The average Bonchev–Trinajstić information content (AvgIpc) is 2.81. The molecule has 5 heteroatoms. The van der Waals surface area contributed by atoms with E-state index in [4.69, 9.17) is 4.74 Å². The molecule has 0 radical (unpaired) electrons. The van der Waals surface area contributed by atoms with E-state index >= 15 is 0 Å². The molecule has 0 bridgehead atoms. The Morgan fingerprint density at radius 2 is 2.05 bits per heavy atom. The largest absolute Gasteiger partial charge is 0.497 e. The van der Waals surface area contributed by atoms with Crippen LogP contribution in [0, 0.1) is 6.92 Å². The van der Waals surface area contributed by atoms with Crippen LogP contribution in [0.15, 0.2) is 30.3 Å². The molecule has 0 fully saturated rings. The molecular weight excluding hydrogens is 242 g/mol. The zero-order valence-corrected chi connectivity index (χ0v) is 11.3. The van der Waals surface area contributed by atoms with Gasteiger partial charge in [-0.15, -0.1) is 0 Å². The lowest BCUT2D eigenvalue weighted by molar-refractivity contribution is 0.102. The fraction of sp³-hybridized carbons (Fsp3) is 0.286. The molecular formula is C14H17N3O2. The number of nitrogens with one attached hydrogen (secondary N) is 1. The SMILES string of the molecule is CCn1nc(C(=O)Nc2ccc(OC)cc2)cc1C. The summed E-state index contributed by atoms with van der Waals surface area (Å²) in [6.45, 7) is 4.67. The van der Waals surface area contributed by atoms with Gasteiger partial charge in [-0.05, 0) is 44.2 Å². The van der Waals surface area contributed by atoms with Crippen LogP contribution in [0.1, 0.15) is 23.1 Å². The smallest absolute Gasteiger partial charge is 0.276 e. The van der Waals surface area contributed by atoms with Crippen molar-refractivity contribution in [2.24, 2.45) is 0 Å². The predicted molar refractivity (Wildman–Crippen MR) is 73.6 cm³/mol. The van der Waals surface area contributed by atoms with Gasteiger partial charge in [0.05, 0.1) is 7.11 Å². The van der Waals surface area contributed by atoms with Crippen molar-refractivity contribution in [2.45, 2.75) is 20.4 Å². The van der Waals surface area contributed by atoms with Crippen LogP contribution in [0.25, 0.3) is 0 Å². The van der Waals surface area contributed by atoms with E-state index in [-0.39, 0.29) is 5.91 Å². The van der Waals surface area contributed by atoms with Gasteiger partial charge in [-0.3, -0.25) is 9.48 Å². The van der Waals surface area contributed by atoms with Crippen molar-refractivity contribution in [2.75, 3.05) is 12.4 Å². The molecule has 1 aromatic heterocycles. The summed E-state index contributed by atoms with van der Waals surface area (Å²) in [4.78, 5) is 12.0. The van der Waals surface area contributed by atoms with Crippen molar-refractivity contribution in [3.63, 3.8) is 0 Å². The summed E-state index contributed by atoms with van der Waals surface area (Å²) in [6, 6.07) is 8.96. The number of carbonyl (C=O) groups is 1. The topological polar surface area (TPSA) is 56.2 Å². The zero-order chi connectivity index (χ0) is 13.8. The Kier molecular flexibility index (Phi) is 3.85. The fourth-order valence-corrected chi connectivity index (χ4v) is 1.81. The minimum absolute atomic E-state index is 0.208. The Bertz CT molecular complexity index is 573. The quantitative estimate of drug-likeness (QED) is 0.917. The second-order valence-corrected chi connectivity index (χ2v) is 4.17. The predicted octanol–water partition coefficient (Wildman–Crippen LogP) is 2.47. The highest BCUT2D eigenvalue weighted by molar-refractivity contribution is 6.02. The van der Waals surface area contributed by atoms with Crippen molar-refractivity contribution in [3.05, 3.63) is 41.7 Å². The number of ether oxygens (including phenoxy) is 1. The molecule has 0 saturated heterocycles. The highest BCUT2D eigenvalue weighted by Crippen LogP contribution is 2.16. The third-order valence-corrected chi connectivity index (χ3v) is 2.86. The first-order valence-electron chi connectivity index (χ1n) is 6.14. The number of hydrogen-bond acceptors (Lipinski definition) is 3.